The van der Waals surface area contributed by atoms with Crippen LogP contribution in [-0.4, -0.2) is 0 Å². The maximum Gasteiger partial charge on any atom is 0.0714 e. The van der Waals surface area contributed by atoms with Gasteiger partial charge in [-0.2, -0.15) is 0 Å². The van der Waals surface area contributed by atoms with Crippen LogP contribution >= 0.6 is 0 Å². The van der Waals surface area contributed by atoms with Crippen molar-refractivity contribution in [3.63, 3.8) is 0 Å². The van der Waals surface area contributed by atoms with Crippen LogP contribution in [0.3, 0.4) is 0 Å². The van der Waals surface area contributed by atoms with Crippen molar-refractivity contribution in [3.05, 3.63) is 277 Å². The molecule has 1 aliphatic carbocycles. The second-order valence-electron chi connectivity index (χ2n) is 17.2. The number of para-hydroxylation sites is 1. The molecule has 0 N–H and O–H groups in total. The summed E-state index contributed by atoms with van der Waals surface area (Å²) in [4.78, 5) is 4.89. The van der Waals surface area contributed by atoms with Crippen LogP contribution in [0, 0.1) is 0 Å². The zero-order chi connectivity index (χ0) is 42.9. The number of benzene rings is 11. The molecule has 0 saturated carbocycles. The summed E-state index contributed by atoms with van der Waals surface area (Å²) in [5.74, 6) is 0. The molecule has 65 heavy (non-hydrogen) atoms. The minimum Gasteiger partial charge on any atom is -0.310 e. The third-order valence-corrected chi connectivity index (χ3v) is 13.8. The van der Waals surface area contributed by atoms with Crippen molar-refractivity contribution in [3.8, 4) is 33.4 Å². The first-order valence-electron chi connectivity index (χ1n) is 22.5. The van der Waals surface area contributed by atoms with Crippen LogP contribution in [0.1, 0.15) is 22.3 Å². The molecule has 0 unspecified atom stereocenters. The van der Waals surface area contributed by atoms with E-state index in [9.17, 15) is 0 Å². The van der Waals surface area contributed by atoms with Crippen molar-refractivity contribution < 1.29 is 0 Å². The largest absolute Gasteiger partial charge is 0.310 e. The quantitative estimate of drug-likeness (QED) is 0.158. The Morgan fingerprint density at radius 3 is 1.71 bits per heavy atom. The number of anilines is 6. The number of hydrogen-bond donors (Lipinski definition) is 0. The van der Waals surface area contributed by atoms with Crippen LogP contribution in [-0.2, 0) is 5.41 Å². The molecular formula is C63H42N2. The molecule has 1 aliphatic heterocycles. The van der Waals surface area contributed by atoms with Gasteiger partial charge in [0.15, 0.2) is 0 Å². The molecule has 0 saturated heterocycles. The van der Waals surface area contributed by atoms with E-state index in [4.69, 9.17) is 0 Å². The van der Waals surface area contributed by atoms with E-state index in [1.165, 1.54) is 77.4 Å². The van der Waals surface area contributed by atoms with Crippen molar-refractivity contribution in [2.45, 2.75) is 5.41 Å². The molecule has 11 aromatic rings. The summed E-state index contributed by atoms with van der Waals surface area (Å²) in [7, 11) is 0. The summed E-state index contributed by atoms with van der Waals surface area (Å²) >= 11 is 0. The van der Waals surface area contributed by atoms with E-state index in [-0.39, 0.29) is 0 Å². The van der Waals surface area contributed by atoms with E-state index < -0.39 is 5.41 Å². The maximum atomic E-state index is 2.47. The Balaban J connectivity index is 0.942. The molecule has 304 valence electrons. The van der Waals surface area contributed by atoms with Crippen molar-refractivity contribution in [2.75, 3.05) is 9.80 Å². The van der Waals surface area contributed by atoms with Crippen LogP contribution < -0.4 is 9.80 Å². The molecule has 0 spiro atoms. The third kappa shape index (κ3) is 5.67. The van der Waals surface area contributed by atoms with E-state index in [1.807, 2.05) is 0 Å². The number of nitrogens with zero attached hydrogens (tertiary/aromatic N) is 2. The topological polar surface area (TPSA) is 6.48 Å². The Morgan fingerprint density at radius 1 is 0.338 bits per heavy atom. The summed E-state index contributed by atoms with van der Waals surface area (Å²) in [6.45, 7) is 0. The summed E-state index contributed by atoms with van der Waals surface area (Å²) in [5.41, 5.74) is 18.9. The van der Waals surface area contributed by atoms with Crippen LogP contribution in [0.2, 0.25) is 0 Å². The van der Waals surface area contributed by atoms with Gasteiger partial charge in [0.1, 0.15) is 0 Å². The highest BCUT2D eigenvalue weighted by Crippen LogP contribution is 2.58. The Hall–Kier alpha value is -8.46. The first-order valence-corrected chi connectivity index (χ1v) is 22.5. The zero-order valence-corrected chi connectivity index (χ0v) is 35.6. The van der Waals surface area contributed by atoms with Gasteiger partial charge in [0.05, 0.1) is 16.8 Å². The van der Waals surface area contributed by atoms with Crippen molar-refractivity contribution in [1.82, 2.24) is 0 Å². The van der Waals surface area contributed by atoms with Gasteiger partial charge < -0.3 is 9.80 Å². The molecule has 0 fully saturated rings. The first kappa shape index (κ1) is 37.1. The van der Waals surface area contributed by atoms with E-state index >= 15 is 0 Å². The SMILES string of the molecule is c1ccc(N(c2cccc(-c3ccc(N4c5c(ccc6ccccc56)-c5cccc6cccc4c56)cc3)c2)c2ccc3c(c2)C(c2ccccc2)(c2ccccc2)c2ccccc2-3)cc1. The normalized spacial score (nSPS) is 13.0. The summed E-state index contributed by atoms with van der Waals surface area (Å²) in [6, 6.07) is 93.8. The number of hydrogen-bond acceptors (Lipinski definition) is 2. The van der Waals surface area contributed by atoms with Crippen LogP contribution in [0.5, 0.6) is 0 Å². The average Bonchev–Trinajstić information content (AvgIpc) is 3.68. The third-order valence-electron chi connectivity index (χ3n) is 13.8. The van der Waals surface area contributed by atoms with Gasteiger partial charge in [-0.25, -0.2) is 0 Å². The molecule has 0 amide bonds. The highest BCUT2D eigenvalue weighted by molar-refractivity contribution is 6.18. The minimum absolute atomic E-state index is 0.495. The molecule has 0 radical (unpaired) electrons. The van der Waals surface area contributed by atoms with Gasteiger partial charge in [-0.05, 0) is 115 Å². The Kier molecular flexibility index (Phi) is 8.47. The van der Waals surface area contributed by atoms with Crippen LogP contribution in [0.4, 0.5) is 34.1 Å². The lowest BCUT2D eigenvalue weighted by atomic mass is 9.67. The second kappa shape index (κ2) is 14.8. The van der Waals surface area contributed by atoms with E-state index in [0.29, 0.717) is 0 Å². The van der Waals surface area contributed by atoms with Gasteiger partial charge in [-0.1, -0.05) is 200 Å². The Labute approximate surface area is 379 Å². The number of fused-ring (bicyclic) bond motifs is 7. The lowest BCUT2D eigenvalue weighted by Gasteiger charge is -2.35. The molecule has 13 rings (SSSR count). The molecule has 2 nitrogen and oxygen atoms in total. The molecule has 2 heteroatoms. The molecule has 0 aromatic heterocycles. The van der Waals surface area contributed by atoms with Gasteiger partial charge in [-0.15, -0.1) is 0 Å². The highest BCUT2D eigenvalue weighted by atomic mass is 15.2. The average molecular weight is 827 g/mol. The smallest absolute Gasteiger partial charge is 0.0714 e. The molecule has 11 aromatic carbocycles. The van der Waals surface area contributed by atoms with Gasteiger partial charge in [0, 0.05) is 39.1 Å². The van der Waals surface area contributed by atoms with E-state index in [0.717, 1.165) is 33.9 Å². The fourth-order valence-electron chi connectivity index (χ4n) is 11.1. The van der Waals surface area contributed by atoms with E-state index in [1.54, 1.807) is 0 Å². The van der Waals surface area contributed by atoms with Gasteiger partial charge >= 0.3 is 0 Å². The van der Waals surface area contributed by atoms with Crippen molar-refractivity contribution in [2.24, 2.45) is 0 Å². The Bertz CT molecular complexity index is 3550. The highest BCUT2D eigenvalue weighted by Gasteiger charge is 2.46. The standard InChI is InChI=1S/C63H42N2/c1-4-21-47(22-5-1)63(48-23-6-2-7-24-48)58-31-13-12-29-54(58)55-40-38-52(42-59(55)63)64(49-25-8-3-9-26-49)51-27-14-20-46(41-51)43-33-36-50(37-34-43)65-60-32-16-19-45-18-15-30-56(61(45)60)57-39-35-44-17-10-11-28-53(44)62(57)65/h1-42H. The first-order chi connectivity index (χ1) is 32.3. The second-order valence-corrected chi connectivity index (χ2v) is 17.2. The lowest BCUT2D eigenvalue weighted by molar-refractivity contribution is 0.768. The predicted molar refractivity (Wildman–Crippen MR) is 273 cm³/mol. The van der Waals surface area contributed by atoms with Crippen molar-refractivity contribution in [1.29, 1.82) is 0 Å². The fraction of sp³-hybridized carbons (Fsp3) is 0.0159. The fourth-order valence-corrected chi connectivity index (χ4v) is 11.1. The Morgan fingerprint density at radius 2 is 0.923 bits per heavy atom. The van der Waals surface area contributed by atoms with Gasteiger partial charge in [0.2, 0.25) is 0 Å². The summed E-state index contributed by atoms with van der Waals surface area (Å²) < 4.78 is 0. The van der Waals surface area contributed by atoms with Crippen molar-refractivity contribution >= 4 is 55.7 Å². The molecule has 2 aliphatic rings. The van der Waals surface area contributed by atoms with Crippen LogP contribution in [0.15, 0.2) is 255 Å². The number of rotatable bonds is 7. The minimum atomic E-state index is -0.495. The molecule has 0 atom stereocenters. The van der Waals surface area contributed by atoms with Gasteiger partial charge in [-0.3, -0.25) is 0 Å². The molecular weight excluding hydrogens is 785 g/mol. The van der Waals surface area contributed by atoms with E-state index in [2.05, 4.69) is 265 Å². The predicted octanol–water partition coefficient (Wildman–Crippen LogP) is 16.9. The lowest BCUT2D eigenvalue weighted by Crippen LogP contribution is -2.28. The summed E-state index contributed by atoms with van der Waals surface area (Å²) in [5, 5.41) is 5.02. The summed E-state index contributed by atoms with van der Waals surface area (Å²) in [6.07, 6.45) is 0. The maximum absolute atomic E-state index is 2.47. The monoisotopic (exact) mass is 826 g/mol. The van der Waals surface area contributed by atoms with Crippen LogP contribution in [0.25, 0.3) is 54.9 Å². The molecule has 1 heterocycles. The zero-order valence-electron chi connectivity index (χ0n) is 35.6. The van der Waals surface area contributed by atoms with Gasteiger partial charge in [0.25, 0.3) is 0 Å². The molecule has 0 bridgehead atoms.